The SMILES string of the molecule is O=C(O)CS(=O)(=O)CC(=O)N1CCC(O)CC1. The fraction of sp³-hybridized carbons (Fsp3) is 0.778. The molecule has 1 aliphatic heterocycles. The van der Waals surface area contributed by atoms with E-state index in [-0.39, 0.29) is 0 Å². The van der Waals surface area contributed by atoms with Crippen LogP contribution in [0.4, 0.5) is 0 Å². The Bertz CT molecular complexity index is 396. The summed E-state index contributed by atoms with van der Waals surface area (Å²) in [4.78, 5) is 23.2. The summed E-state index contributed by atoms with van der Waals surface area (Å²) in [5, 5.41) is 17.6. The minimum Gasteiger partial charge on any atom is -0.480 e. The van der Waals surface area contributed by atoms with Crippen LogP contribution in [0.1, 0.15) is 12.8 Å². The van der Waals surface area contributed by atoms with Gasteiger partial charge in [-0.1, -0.05) is 0 Å². The topological polar surface area (TPSA) is 112 Å². The minimum atomic E-state index is -3.90. The Hall–Kier alpha value is -1.15. The van der Waals surface area contributed by atoms with Gasteiger partial charge in [0.25, 0.3) is 0 Å². The standard InChI is InChI=1S/C9H15NO6S/c11-7-1-3-10(4-2-7)8(12)5-17(15,16)6-9(13)14/h7,11H,1-6H2,(H,13,14). The highest BCUT2D eigenvalue weighted by molar-refractivity contribution is 7.92. The third-order valence-corrected chi connectivity index (χ3v) is 3.88. The Labute approximate surface area is 98.9 Å². The zero-order valence-electron chi connectivity index (χ0n) is 9.20. The molecule has 1 aliphatic rings. The van der Waals surface area contributed by atoms with E-state index in [1.165, 1.54) is 4.90 Å². The number of nitrogens with zero attached hydrogens (tertiary/aromatic N) is 1. The molecule has 17 heavy (non-hydrogen) atoms. The highest BCUT2D eigenvalue weighted by Gasteiger charge is 2.26. The van der Waals surface area contributed by atoms with Crippen LogP contribution in [0.3, 0.4) is 0 Å². The molecule has 0 radical (unpaired) electrons. The van der Waals surface area contributed by atoms with Crippen molar-refractivity contribution in [2.24, 2.45) is 0 Å². The number of carboxylic acid groups (broad SMARTS) is 1. The predicted molar refractivity (Wildman–Crippen MR) is 58.1 cm³/mol. The van der Waals surface area contributed by atoms with Gasteiger partial charge in [-0.25, -0.2) is 8.42 Å². The predicted octanol–water partition coefficient (Wildman–Crippen LogP) is -1.53. The number of carboxylic acids is 1. The zero-order chi connectivity index (χ0) is 13.1. The third kappa shape index (κ3) is 4.70. The molecular weight excluding hydrogens is 250 g/mol. The summed E-state index contributed by atoms with van der Waals surface area (Å²) in [5.74, 6) is -3.88. The van der Waals surface area contributed by atoms with Crippen molar-refractivity contribution in [1.82, 2.24) is 4.90 Å². The fourth-order valence-electron chi connectivity index (χ4n) is 1.63. The summed E-state index contributed by atoms with van der Waals surface area (Å²) < 4.78 is 22.6. The number of hydrogen-bond donors (Lipinski definition) is 2. The highest BCUT2D eigenvalue weighted by atomic mass is 32.2. The number of likely N-dealkylation sites (tertiary alicyclic amines) is 1. The lowest BCUT2D eigenvalue weighted by molar-refractivity contribution is -0.134. The summed E-state index contributed by atoms with van der Waals surface area (Å²) in [5.41, 5.74) is 0. The van der Waals surface area contributed by atoms with Gasteiger partial charge in [-0.05, 0) is 12.8 Å². The lowest BCUT2D eigenvalue weighted by Gasteiger charge is -2.29. The van der Waals surface area contributed by atoms with Crippen LogP contribution in [0.5, 0.6) is 0 Å². The maximum absolute atomic E-state index is 11.6. The smallest absolute Gasteiger partial charge is 0.318 e. The van der Waals surface area contributed by atoms with Gasteiger partial charge < -0.3 is 15.1 Å². The van der Waals surface area contributed by atoms with Gasteiger partial charge in [-0.3, -0.25) is 9.59 Å². The second-order valence-electron chi connectivity index (χ2n) is 4.04. The molecule has 0 aromatic carbocycles. The number of aliphatic hydroxyl groups is 1. The number of carbonyl (C=O) groups excluding carboxylic acids is 1. The molecule has 98 valence electrons. The van der Waals surface area contributed by atoms with Crippen molar-refractivity contribution < 1.29 is 28.2 Å². The Morgan fingerprint density at radius 3 is 2.18 bits per heavy atom. The van der Waals surface area contributed by atoms with Gasteiger partial charge in [-0.15, -0.1) is 0 Å². The number of rotatable bonds is 4. The second kappa shape index (κ2) is 5.46. The second-order valence-corrected chi connectivity index (χ2v) is 6.10. The van der Waals surface area contributed by atoms with E-state index in [1.54, 1.807) is 0 Å². The largest absolute Gasteiger partial charge is 0.480 e. The molecule has 2 N–H and O–H groups in total. The molecule has 0 atom stereocenters. The lowest BCUT2D eigenvalue weighted by atomic mass is 10.1. The van der Waals surface area contributed by atoms with E-state index in [1.807, 2.05) is 0 Å². The first kappa shape index (κ1) is 13.9. The number of aliphatic hydroxyl groups excluding tert-OH is 1. The molecule has 1 fully saturated rings. The van der Waals surface area contributed by atoms with E-state index in [9.17, 15) is 23.1 Å². The number of hydrogen-bond acceptors (Lipinski definition) is 5. The van der Waals surface area contributed by atoms with Gasteiger partial charge in [0.1, 0.15) is 11.5 Å². The van der Waals surface area contributed by atoms with Crippen molar-refractivity contribution in [3.63, 3.8) is 0 Å². The maximum Gasteiger partial charge on any atom is 0.318 e. The van der Waals surface area contributed by atoms with Gasteiger partial charge in [0.15, 0.2) is 9.84 Å². The molecule has 7 nitrogen and oxygen atoms in total. The van der Waals surface area contributed by atoms with Crippen LogP contribution in [0.25, 0.3) is 0 Å². The summed E-state index contributed by atoms with van der Waals surface area (Å²) in [6.45, 7) is 0.616. The van der Waals surface area contributed by atoms with Crippen LogP contribution in [-0.2, 0) is 19.4 Å². The van der Waals surface area contributed by atoms with Crippen molar-refractivity contribution in [2.75, 3.05) is 24.6 Å². The van der Waals surface area contributed by atoms with Crippen LogP contribution < -0.4 is 0 Å². The van der Waals surface area contributed by atoms with Crippen LogP contribution in [0.2, 0.25) is 0 Å². The van der Waals surface area contributed by atoms with Gasteiger partial charge >= 0.3 is 5.97 Å². The van der Waals surface area contributed by atoms with Crippen LogP contribution >= 0.6 is 0 Å². The van der Waals surface area contributed by atoms with Crippen molar-refractivity contribution in [2.45, 2.75) is 18.9 Å². The molecule has 0 aromatic rings. The number of piperidine rings is 1. The van der Waals surface area contributed by atoms with Gasteiger partial charge in [0.2, 0.25) is 5.91 Å². The van der Waals surface area contributed by atoms with Crippen LogP contribution in [0.15, 0.2) is 0 Å². The number of sulfone groups is 1. The molecule has 0 aliphatic carbocycles. The van der Waals surface area contributed by atoms with E-state index < -0.39 is 39.3 Å². The van der Waals surface area contributed by atoms with Crippen molar-refractivity contribution in [1.29, 1.82) is 0 Å². The first-order valence-electron chi connectivity index (χ1n) is 5.18. The summed E-state index contributed by atoms with van der Waals surface area (Å²) in [6.07, 6.45) is 0.393. The molecule has 1 amide bonds. The Kier molecular flexibility index (Phi) is 4.47. The van der Waals surface area contributed by atoms with Gasteiger partial charge in [-0.2, -0.15) is 0 Å². The average Bonchev–Trinajstić information content (AvgIpc) is 2.15. The third-order valence-electron chi connectivity index (χ3n) is 2.50. The number of carbonyl (C=O) groups is 2. The Balaban J connectivity index is 2.52. The fourth-order valence-corrected chi connectivity index (χ4v) is 2.67. The quantitative estimate of drug-likeness (QED) is 0.637. The lowest BCUT2D eigenvalue weighted by Crippen LogP contribution is -2.43. The zero-order valence-corrected chi connectivity index (χ0v) is 10.0. The van der Waals surface area contributed by atoms with E-state index in [4.69, 9.17) is 5.11 Å². The minimum absolute atomic E-state index is 0.308. The van der Waals surface area contributed by atoms with Crippen molar-refractivity contribution in [3.05, 3.63) is 0 Å². The van der Waals surface area contributed by atoms with Gasteiger partial charge in [0, 0.05) is 13.1 Å². The van der Waals surface area contributed by atoms with Crippen molar-refractivity contribution >= 4 is 21.7 Å². The molecule has 1 rings (SSSR count). The van der Waals surface area contributed by atoms with E-state index >= 15 is 0 Å². The summed E-state index contributed by atoms with van der Waals surface area (Å²) in [6, 6.07) is 0. The molecular formula is C9H15NO6S. The van der Waals surface area contributed by atoms with E-state index in [2.05, 4.69) is 0 Å². The molecule has 0 saturated carbocycles. The molecule has 0 bridgehead atoms. The molecule has 0 unspecified atom stereocenters. The normalized spacial score (nSPS) is 18.1. The van der Waals surface area contributed by atoms with Crippen LogP contribution in [0, 0.1) is 0 Å². The van der Waals surface area contributed by atoms with E-state index in [0.29, 0.717) is 25.9 Å². The Morgan fingerprint density at radius 2 is 1.71 bits per heavy atom. The van der Waals surface area contributed by atoms with Crippen LogP contribution in [-0.4, -0.2) is 66.1 Å². The molecule has 1 saturated heterocycles. The molecule has 1 heterocycles. The number of aliphatic carboxylic acids is 1. The van der Waals surface area contributed by atoms with Crippen molar-refractivity contribution in [3.8, 4) is 0 Å². The highest BCUT2D eigenvalue weighted by Crippen LogP contribution is 2.10. The first-order chi connectivity index (χ1) is 7.80. The summed E-state index contributed by atoms with van der Waals surface area (Å²) in [7, 11) is -3.90. The average molecular weight is 265 g/mol. The number of amides is 1. The monoisotopic (exact) mass is 265 g/mol. The van der Waals surface area contributed by atoms with E-state index in [0.717, 1.165) is 0 Å². The summed E-state index contributed by atoms with van der Waals surface area (Å²) >= 11 is 0. The molecule has 8 heteroatoms. The van der Waals surface area contributed by atoms with Gasteiger partial charge in [0.05, 0.1) is 6.10 Å². The first-order valence-corrected chi connectivity index (χ1v) is 7.00. The Morgan fingerprint density at radius 1 is 1.18 bits per heavy atom. The molecule has 0 spiro atoms. The molecule has 0 aromatic heterocycles. The maximum atomic E-state index is 11.6.